The van der Waals surface area contributed by atoms with Gasteiger partial charge in [0.1, 0.15) is 11.0 Å². The molecule has 1 atom stereocenters. The molecular formula is C15H20N4O3S. The smallest absolute Gasteiger partial charge is 0.246 e. The zero-order valence-corrected chi connectivity index (χ0v) is 14.2. The molecule has 2 aromatic heterocycles. The van der Waals surface area contributed by atoms with Crippen LogP contribution < -0.4 is 4.74 Å². The zero-order chi connectivity index (χ0) is 16.6. The molecular weight excluding hydrogens is 316 g/mol. The molecule has 1 aliphatic rings. The van der Waals surface area contributed by atoms with Crippen LogP contribution in [0.2, 0.25) is 0 Å². The Hall–Kier alpha value is -1.93. The first-order valence-corrected chi connectivity index (χ1v) is 8.94. The standard InChI is InChI=1S/C15H20N4O3S/c1-10-5-4-6-14(16-10)22-13-7-8-19(9-13)23(20,21)15-11(2)17-18-12(15)3/h4-6,13H,7-9H2,1-3H3,(H,17,18). The Morgan fingerprint density at radius 3 is 2.74 bits per heavy atom. The highest BCUT2D eigenvalue weighted by Crippen LogP contribution is 2.26. The Kier molecular flexibility index (Phi) is 4.11. The third-order valence-electron chi connectivity index (χ3n) is 3.92. The minimum absolute atomic E-state index is 0.188. The van der Waals surface area contributed by atoms with Crippen LogP contribution in [0.1, 0.15) is 23.5 Å². The minimum Gasteiger partial charge on any atom is -0.473 e. The van der Waals surface area contributed by atoms with E-state index in [1.54, 1.807) is 19.9 Å². The summed E-state index contributed by atoms with van der Waals surface area (Å²) in [5.74, 6) is 0.532. The maximum atomic E-state index is 12.8. The Balaban J connectivity index is 1.75. The second-order valence-electron chi connectivity index (χ2n) is 5.77. The van der Waals surface area contributed by atoms with Gasteiger partial charge in [-0.3, -0.25) is 5.10 Å². The van der Waals surface area contributed by atoms with Crippen molar-refractivity contribution in [1.82, 2.24) is 19.5 Å². The Morgan fingerprint density at radius 2 is 2.09 bits per heavy atom. The van der Waals surface area contributed by atoms with Crippen LogP contribution in [0.4, 0.5) is 0 Å². The average molecular weight is 336 g/mol. The highest BCUT2D eigenvalue weighted by atomic mass is 32.2. The van der Waals surface area contributed by atoms with Crippen LogP contribution in [0, 0.1) is 20.8 Å². The summed E-state index contributed by atoms with van der Waals surface area (Å²) >= 11 is 0. The summed E-state index contributed by atoms with van der Waals surface area (Å²) in [6.45, 7) is 6.05. The van der Waals surface area contributed by atoms with Crippen LogP contribution in [-0.2, 0) is 10.0 Å². The SMILES string of the molecule is Cc1cccc(OC2CCN(S(=O)(=O)c3c(C)n[nH]c3C)C2)n1. The number of hydrogen-bond donors (Lipinski definition) is 1. The third-order valence-corrected chi connectivity index (χ3v) is 6.05. The van der Waals surface area contributed by atoms with Gasteiger partial charge in [-0.2, -0.15) is 9.40 Å². The number of nitrogens with one attached hydrogen (secondary N) is 1. The number of H-pyrrole nitrogens is 1. The molecule has 0 saturated carbocycles. The highest BCUT2D eigenvalue weighted by molar-refractivity contribution is 7.89. The quantitative estimate of drug-likeness (QED) is 0.915. The van der Waals surface area contributed by atoms with E-state index < -0.39 is 10.0 Å². The predicted molar refractivity (Wildman–Crippen MR) is 84.8 cm³/mol. The van der Waals surface area contributed by atoms with Crippen LogP contribution in [0.5, 0.6) is 5.88 Å². The van der Waals surface area contributed by atoms with E-state index >= 15 is 0 Å². The van der Waals surface area contributed by atoms with Crippen molar-refractivity contribution in [3.63, 3.8) is 0 Å². The van der Waals surface area contributed by atoms with E-state index in [1.807, 2.05) is 19.1 Å². The summed E-state index contributed by atoms with van der Waals surface area (Å²) in [6, 6.07) is 5.55. The molecule has 0 aromatic carbocycles. The van der Waals surface area contributed by atoms with E-state index in [2.05, 4.69) is 15.2 Å². The van der Waals surface area contributed by atoms with Crippen molar-refractivity contribution in [2.24, 2.45) is 0 Å². The summed E-state index contributed by atoms with van der Waals surface area (Å²) in [5.41, 5.74) is 1.93. The number of ether oxygens (including phenoxy) is 1. The van der Waals surface area contributed by atoms with Crippen LogP contribution in [0.25, 0.3) is 0 Å². The van der Waals surface area contributed by atoms with Crippen molar-refractivity contribution in [2.45, 2.75) is 38.2 Å². The number of aryl methyl sites for hydroxylation is 3. The van der Waals surface area contributed by atoms with Gasteiger partial charge in [0, 0.05) is 18.3 Å². The van der Waals surface area contributed by atoms with Gasteiger partial charge >= 0.3 is 0 Å². The van der Waals surface area contributed by atoms with Crippen molar-refractivity contribution in [1.29, 1.82) is 0 Å². The first-order chi connectivity index (χ1) is 10.9. The summed E-state index contributed by atoms with van der Waals surface area (Å²) in [7, 11) is -3.55. The maximum Gasteiger partial charge on any atom is 0.246 e. The largest absolute Gasteiger partial charge is 0.473 e. The van der Waals surface area contributed by atoms with Gasteiger partial charge < -0.3 is 4.74 Å². The normalized spacial score (nSPS) is 19.2. The van der Waals surface area contributed by atoms with Crippen LogP contribution in [-0.4, -0.2) is 47.1 Å². The monoisotopic (exact) mass is 336 g/mol. The Labute approximate surface area is 135 Å². The van der Waals surface area contributed by atoms with Gasteiger partial charge in [0.15, 0.2) is 0 Å². The zero-order valence-electron chi connectivity index (χ0n) is 13.4. The summed E-state index contributed by atoms with van der Waals surface area (Å²) in [6.07, 6.45) is 0.455. The lowest BCUT2D eigenvalue weighted by molar-refractivity contribution is 0.206. The molecule has 3 rings (SSSR count). The second kappa shape index (κ2) is 5.93. The van der Waals surface area contributed by atoms with Gasteiger partial charge in [-0.15, -0.1) is 0 Å². The fourth-order valence-electron chi connectivity index (χ4n) is 2.82. The molecule has 2 aromatic rings. The average Bonchev–Trinajstić information content (AvgIpc) is 3.06. The summed E-state index contributed by atoms with van der Waals surface area (Å²) in [4.78, 5) is 4.57. The van der Waals surface area contributed by atoms with Crippen molar-refractivity contribution in [2.75, 3.05) is 13.1 Å². The molecule has 23 heavy (non-hydrogen) atoms. The molecule has 1 saturated heterocycles. The maximum absolute atomic E-state index is 12.8. The van der Waals surface area contributed by atoms with E-state index in [0.717, 1.165) is 5.69 Å². The van der Waals surface area contributed by atoms with Gasteiger partial charge in [0.25, 0.3) is 0 Å². The Morgan fingerprint density at radius 1 is 1.30 bits per heavy atom. The highest BCUT2D eigenvalue weighted by Gasteiger charge is 2.36. The molecule has 1 unspecified atom stereocenters. The number of sulfonamides is 1. The van der Waals surface area contributed by atoms with Crippen LogP contribution in [0.3, 0.4) is 0 Å². The molecule has 0 radical (unpaired) electrons. The van der Waals surface area contributed by atoms with Crippen molar-refractivity contribution >= 4 is 10.0 Å². The number of rotatable bonds is 4. The number of hydrogen-bond acceptors (Lipinski definition) is 5. The summed E-state index contributed by atoms with van der Waals surface area (Å²) in [5, 5.41) is 6.70. The van der Waals surface area contributed by atoms with E-state index in [-0.39, 0.29) is 11.0 Å². The topological polar surface area (TPSA) is 88.2 Å². The Bertz CT molecular complexity index is 796. The van der Waals surface area contributed by atoms with Crippen molar-refractivity contribution < 1.29 is 13.2 Å². The van der Waals surface area contributed by atoms with E-state index in [0.29, 0.717) is 36.8 Å². The number of nitrogens with zero attached hydrogens (tertiary/aromatic N) is 3. The van der Waals surface area contributed by atoms with E-state index in [4.69, 9.17) is 4.74 Å². The summed E-state index contributed by atoms with van der Waals surface area (Å²) < 4.78 is 32.8. The van der Waals surface area contributed by atoms with Gasteiger partial charge in [0.2, 0.25) is 15.9 Å². The molecule has 3 heterocycles. The molecule has 0 aliphatic carbocycles. The predicted octanol–water partition coefficient (Wildman–Crippen LogP) is 1.57. The third kappa shape index (κ3) is 3.09. The molecule has 0 bridgehead atoms. The first-order valence-electron chi connectivity index (χ1n) is 7.50. The lowest BCUT2D eigenvalue weighted by atomic mass is 10.3. The van der Waals surface area contributed by atoms with Crippen LogP contribution >= 0.6 is 0 Å². The fourth-order valence-corrected chi connectivity index (χ4v) is 4.63. The fraction of sp³-hybridized carbons (Fsp3) is 0.467. The van der Waals surface area contributed by atoms with Gasteiger partial charge in [-0.25, -0.2) is 13.4 Å². The van der Waals surface area contributed by atoms with E-state index in [9.17, 15) is 8.42 Å². The second-order valence-corrected chi connectivity index (χ2v) is 7.65. The number of aromatic nitrogens is 3. The number of pyridine rings is 1. The van der Waals surface area contributed by atoms with Crippen molar-refractivity contribution in [3.8, 4) is 5.88 Å². The molecule has 0 spiro atoms. The van der Waals surface area contributed by atoms with Crippen molar-refractivity contribution in [3.05, 3.63) is 35.3 Å². The molecule has 0 amide bonds. The van der Waals surface area contributed by atoms with Gasteiger partial charge in [-0.1, -0.05) is 6.07 Å². The molecule has 124 valence electrons. The molecule has 7 nitrogen and oxygen atoms in total. The first kappa shape index (κ1) is 15.9. The lowest BCUT2D eigenvalue weighted by Gasteiger charge is -2.17. The van der Waals surface area contributed by atoms with Gasteiger partial charge in [-0.05, 0) is 33.3 Å². The molecule has 1 N–H and O–H groups in total. The molecule has 1 fully saturated rings. The lowest BCUT2D eigenvalue weighted by Crippen LogP contribution is -2.31. The number of aromatic amines is 1. The van der Waals surface area contributed by atoms with Gasteiger partial charge in [0.05, 0.1) is 17.9 Å². The molecule has 8 heteroatoms. The van der Waals surface area contributed by atoms with E-state index in [1.165, 1.54) is 4.31 Å². The molecule has 1 aliphatic heterocycles. The minimum atomic E-state index is -3.55. The van der Waals surface area contributed by atoms with Crippen LogP contribution in [0.15, 0.2) is 23.1 Å².